The van der Waals surface area contributed by atoms with E-state index in [1.807, 2.05) is 53.2 Å². The fraction of sp³-hybridized carbons (Fsp3) is 0.0909. The standard InChI is InChI=1S/C22H19N3O2S/c1-27-20-12-5-4-10-18(20)24-21(26)15-28-22-23-13-14-25(22)19-11-6-8-16-7-2-3-9-17(16)19/h2-14H,15H2,1H3,(H,24,26). The Morgan fingerprint density at radius 3 is 2.75 bits per heavy atom. The number of carbonyl (C=O) groups excluding carboxylic acids is 1. The minimum absolute atomic E-state index is 0.109. The summed E-state index contributed by atoms with van der Waals surface area (Å²) in [6.07, 6.45) is 3.67. The lowest BCUT2D eigenvalue weighted by molar-refractivity contribution is -0.113. The van der Waals surface area contributed by atoms with Gasteiger partial charge in [0.2, 0.25) is 5.91 Å². The second-order valence-electron chi connectivity index (χ2n) is 6.12. The second kappa shape index (κ2) is 8.19. The van der Waals surface area contributed by atoms with Gasteiger partial charge in [0.15, 0.2) is 5.16 Å². The van der Waals surface area contributed by atoms with Crippen LogP contribution in [0.2, 0.25) is 0 Å². The number of nitrogens with zero attached hydrogens (tertiary/aromatic N) is 2. The number of amides is 1. The number of rotatable bonds is 6. The molecule has 0 unspecified atom stereocenters. The molecular formula is C22H19N3O2S. The number of anilines is 1. The zero-order valence-electron chi connectivity index (χ0n) is 15.3. The summed E-state index contributed by atoms with van der Waals surface area (Å²) < 4.78 is 7.29. The summed E-state index contributed by atoms with van der Waals surface area (Å²) in [7, 11) is 1.58. The number of methoxy groups -OCH3 is 1. The third kappa shape index (κ3) is 3.73. The number of fused-ring (bicyclic) bond motifs is 1. The van der Waals surface area contributed by atoms with Crippen molar-refractivity contribution >= 4 is 34.1 Å². The Kier molecular flexibility index (Phi) is 5.30. The van der Waals surface area contributed by atoms with E-state index in [9.17, 15) is 4.79 Å². The van der Waals surface area contributed by atoms with Crippen LogP contribution in [0.3, 0.4) is 0 Å². The van der Waals surface area contributed by atoms with E-state index in [1.165, 1.54) is 17.1 Å². The summed E-state index contributed by atoms with van der Waals surface area (Å²) in [5, 5.41) is 5.97. The van der Waals surface area contributed by atoms with Crippen molar-refractivity contribution in [1.82, 2.24) is 9.55 Å². The van der Waals surface area contributed by atoms with Crippen molar-refractivity contribution in [2.75, 3.05) is 18.2 Å². The number of benzene rings is 3. The largest absolute Gasteiger partial charge is 0.495 e. The molecule has 0 aliphatic carbocycles. The first-order valence-electron chi connectivity index (χ1n) is 8.83. The van der Waals surface area contributed by atoms with Gasteiger partial charge in [0, 0.05) is 17.8 Å². The number of ether oxygens (including phenoxy) is 1. The summed E-state index contributed by atoms with van der Waals surface area (Å²) in [5.41, 5.74) is 1.70. The van der Waals surface area contributed by atoms with E-state index in [-0.39, 0.29) is 11.7 Å². The summed E-state index contributed by atoms with van der Waals surface area (Å²) in [5.74, 6) is 0.778. The first kappa shape index (κ1) is 18.1. The zero-order chi connectivity index (χ0) is 19.3. The highest BCUT2D eigenvalue weighted by molar-refractivity contribution is 7.99. The Morgan fingerprint density at radius 1 is 1.07 bits per heavy atom. The molecule has 4 aromatic rings. The molecule has 0 atom stereocenters. The Bertz CT molecular complexity index is 1120. The highest BCUT2D eigenvalue weighted by atomic mass is 32.2. The molecule has 0 bridgehead atoms. The number of thioether (sulfide) groups is 1. The molecule has 1 heterocycles. The summed E-state index contributed by atoms with van der Waals surface area (Å²) >= 11 is 1.40. The van der Waals surface area contributed by atoms with E-state index in [0.717, 1.165) is 16.2 Å². The highest BCUT2D eigenvalue weighted by Gasteiger charge is 2.12. The summed E-state index contributed by atoms with van der Waals surface area (Å²) in [4.78, 5) is 16.8. The predicted molar refractivity (Wildman–Crippen MR) is 113 cm³/mol. The Labute approximate surface area is 167 Å². The lowest BCUT2D eigenvalue weighted by Gasteiger charge is -2.11. The molecule has 0 fully saturated rings. The van der Waals surface area contributed by atoms with Crippen molar-refractivity contribution < 1.29 is 9.53 Å². The van der Waals surface area contributed by atoms with Gasteiger partial charge in [-0.3, -0.25) is 9.36 Å². The first-order chi connectivity index (χ1) is 13.8. The van der Waals surface area contributed by atoms with Crippen molar-refractivity contribution in [3.8, 4) is 11.4 Å². The van der Waals surface area contributed by atoms with Gasteiger partial charge in [0.25, 0.3) is 0 Å². The topological polar surface area (TPSA) is 56.1 Å². The van der Waals surface area contributed by atoms with Crippen molar-refractivity contribution in [1.29, 1.82) is 0 Å². The molecule has 0 aliphatic heterocycles. The lowest BCUT2D eigenvalue weighted by atomic mass is 10.1. The van der Waals surface area contributed by atoms with Gasteiger partial charge in [0.1, 0.15) is 5.75 Å². The zero-order valence-corrected chi connectivity index (χ0v) is 16.1. The van der Waals surface area contributed by atoms with E-state index < -0.39 is 0 Å². The maximum Gasteiger partial charge on any atom is 0.234 e. The van der Waals surface area contributed by atoms with E-state index in [0.29, 0.717) is 11.4 Å². The molecule has 0 spiro atoms. The smallest absolute Gasteiger partial charge is 0.234 e. The first-order valence-corrected chi connectivity index (χ1v) is 9.82. The number of hydrogen-bond acceptors (Lipinski definition) is 4. The predicted octanol–water partition coefficient (Wildman–Crippen LogP) is 4.76. The molecule has 0 radical (unpaired) electrons. The van der Waals surface area contributed by atoms with Gasteiger partial charge in [-0.25, -0.2) is 4.98 Å². The third-order valence-corrected chi connectivity index (χ3v) is 5.31. The van der Waals surface area contributed by atoms with Crippen LogP contribution in [0, 0.1) is 0 Å². The van der Waals surface area contributed by atoms with Gasteiger partial charge in [-0.05, 0) is 23.6 Å². The average molecular weight is 389 g/mol. The fourth-order valence-electron chi connectivity index (χ4n) is 3.06. The summed E-state index contributed by atoms with van der Waals surface area (Å²) in [6, 6.07) is 21.8. The minimum atomic E-state index is -0.109. The van der Waals surface area contributed by atoms with Crippen LogP contribution in [0.5, 0.6) is 5.75 Å². The molecular weight excluding hydrogens is 370 g/mol. The average Bonchev–Trinajstić information content (AvgIpc) is 3.20. The van der Waals surface area contributed by atoms with Crippen LogP contribution >= 0.6 is 11.8 Å². The van der Waals surface area contributed by atoms with E-state index in [2.05, 4.69) is 34.6 Å². The monoisotopic (exact) mass is 389 g/mol. The van der Waals surface area contributed by atoms with Crippen LogP contribution in [0.25, 0.3) is 16.5 Å². The van der Waals surface area contributed by atoms with E-state index in [4.69, 9.17) is 4.74 Å². The van der Waals surface area contributed by atoms with Crippen LogP contribution in [0.4, 0.5) is 5.69 Å². The van der Waals surface area contributed by atoms with E-state index >= 15 is 0 Å². The Morgan fingerprint density at radius 2 is 1.86 bits per heavy atom. The maximum absolute atomic E-state index is 12.4. The van der Waals surface area contributed by atoms with Gasteiger partial charge >= 0.3 is 0 Å². The molecule has 5 nitrogen and oxygen atoms in total. The number of hydrogen-bond donors (Lipinski definition) is 1. The molecule has 0 saturated heterocycles. The summed E-state index contributed by atoms with van der Waals surface area (Å²) in [6.45, 7) is 0. The normalized spacial score (nSPS) is 10.8. The van der Waals surface area contributed by atoms with Gasteiger partial charge < -0.3 is 10.1 Å². The molecule has 1 N–H and O–H groups in total. The van der Waals surface area contributed by atoms with Crippen LogP contribution in [0.15, 0.2) is 84.3 Å². The molecule has 0 aliphatic rings. The van der Waals surface area contributed by atoms with Gasteiger partial charge in [-0.1, -0.05) is 60.3 Å². The number of nitrogens with one attached hydrogen (secondary N) is 1. The minimum Gasteiger partial charge on any atom is -0.495 e. The molecule has 3 aromatic carbocycles. The molecule has 1 amide bonds. The van der Waals surface area contributed by atoms with E-state index in [1.54, 1.807) is 13.3 Å². The van der Waals surface area contributed by atoms with Gasteiger partial charge in [-0.15, -0.1) is 0 Å². The SMILES string of the molecule is COc1ccccc1NC(=O)CSc1nccn1-c1cccc2ccccc12. The molecule has 28 heavy (non-hydrogen) atoms. The van der Waals surface area contributed by atoms with Gasteiger partial charge in [0.05, 0.1) is 24.2 Å². The molecule has 6 heteroatoms. The molecule has 4 rings (SSSR count). The second-order valence-corrected chi connectivity index (χ2v) is 7.06. The van der Waals surface area contributed by atoms with Crippen molar-refractivity contribution in [3.05, 3.63) is 79.1 Å². The molecule has 140 valence electrons. The number of carbonyl (C=O) groups is 1. The molecule has 0 saturated carbocycles. The van der Waals surface area contributed by atoms with Crippen LogP contribution in [-0.4, -0.2) is 28.3 Å². The van der Waals surface area contributed by atoms with Crippen molar-refractivity contribution in [2.24, 2.45) is 0 Å². The lowest BCUT2D eigenvalue weighted by Crippen LogP contribution is -2.15. The quantitative estimate of drug-likeness (QED) is 0.483. The fourth-order valence-corrected chi connectivity index (χ4v) is 3.83. The van der Waals surface area contributed by atoms with Crippen molar-refractivity contribution in [2.45, 2.75) is 5.16 Å². The maximum atomic E-state index is 12.4. The number of imidazole rings is 1. The number of para-hydroxylation sites is 2. The van der Waals surface area contributed by atoms with Crippen LogP contribution in [0.1, 0.15) is 0 Å². The van der Waals surface area contributed by atoms with Crippen molar-refractivity contribution in [3.63, 3.8) is 0 Å². The Hall–Kier alpha value is -3.25. The van der Waals surface area contributed by atoms with Crippen LogP contribution < -0.4 is 10.1 Å². The number of aromatic nitrogens is 2. The Balaban J connectivity index is 1.51. The van der Waals surface area contributed by atoms with Crippen LogP contribution in [-0.2, 0) is 4.79 Å². The molecule has 1 aromatic heterocycles. The highest BCUT2D eigenvalue weighted by Crippen LogP contribution is 2.27. The van der Waals surface area contributed by atoms with Gasteiger partial charge in [-0.2, -0.15) is 0 Å². The third-order valence-electron chi connectivity index (χ3n) is 4.35.